The highest BCUT2D eigenvalue weighted by Crippen LogP contribution is 2.46. The lowest BCUT2D eigenvalue weighted by Crippen LogP contribution is -2.49. The molecule has 0 saturated heterocycles. The van der Waals surface area contributed by atoms with Gasteiger partial charge in [0.25, 0.3) is 0 Å². The van der Waals surface area contributed by atoms with Crippen molar-refractivity contribution in [2.75, 3.05) is 0 Å². The van der Waals surface area contributed by atoms with Crippen LogP contribution in [0.5, 0.6) is 0 Å². The van der Waals surface area contributed by atoms with Crippen LogP contribution in [0.1, 0.15) is 0 Å². The fourth-order valence-corrected chi connectivity index (χ4v) is 12.6. The van der Waals surface area contributed by atoms with Crippen molar-refractivity contribution in [2.45, 2.75) is 13.1 Å². The first-order chi connectivity index (χ1) is 25.0. The maximum Gasteiger partial charge on any atom is 0.145 e. The first-order valence-corrected chi connectivity index (χ1v) is 20.8. The quantitative estimate of drug-likeness (QED) is 0.133. The molecule has 238 valence electrons. The third-order valence-corrected chi connectivity index (χ3v) is 15.4. The molecule has 0 bridgehead atoms. The van der Waals surface area contributed by atoms with Crippen LogP contribution in [0.2, 0.25) is 13.1 Å². The molecule has 0 N–H and O–H groups in total. The van der Waals surface area contributed by atoms with Crippen molar-refractivity contribution in [3.05, 3.63) is 152 Å². The van der Waals surface area contributed by atoms with Crippen LogP contribution in [0.25, 0.3) is 104 Å². The van der Waals surface area contributed by atoms with E-state index in [1.165, 1.54) is 81.6 Å². The molecule has 2 nitrogen and oxygen atoms in total. The monoisotopic (exact) mass is 665 g/mol. The van der Waals surface area contributed by atoms with Crippen molar-refractivity contribution in [1.82, 2.24) is 4.57 Å². The molecule has 0 radical (unpaired) electrons. The first kappa shape index (κ1) is 27.6. The second-order valence-corrected chi connectivity index (χ2v) is 19.2. The summed E-state index contributed by atoms with van der Waals surface area (Å²) in [5.41, 5.74) is 10.8. The van der Waals surface area contributed by atoms with Gasteiger partial charge in [-0.25, -0.2) is 0 Å². The standard InChI is InChI=1S/C48H31NOSi/c1-51(2)43-17-8-5-14-35(43)36-22-20-30(27-44(36)51)29-21-23-40-37(24-29)33-12-3-6-15-39(33)49(40)41-26-31-11-9-10-28-18-19-32-25-38-34-13-4-7-16-42(34)50-48(38)47(41)46(32)45(28)31/h3-27H,1-2H3. The second-order valence-electron chi connectivity index (χ2n) is 14.9. The van der Waals surface area contributed by atoms with E-state index in [0.29, 0.717) is 0 Å². The molecule has 0 aliphatic carbocycles. The molecule has 3 heteroatoms. The summed E-state index contributed by atoms with van der Waals surface area (Å²) in [6.45, 7) is 4.99. The van der Waals surface area contributed by atoms with Gasteiger partial charge >= 0.3 is 0 Å². The van der Waals surface area contributed by atoms with Gasteiger partial charge < -0.3 is 8.98 Å². The summed E-state index contributed by atoms with van der Waals surface area (Å²) >= 11 is 0. The minimum absolute atomic E-state index is 0.920. The molecule has 0 atom stereocenters. The van der Waals surface area contributed by atoms with Gasteiger partial charge in [-0.1, -0.05) is 128 Å². The molecule has 1 aliphatic heterocycles. The number of para-hydroxylation sites is 2. The normalized spacial score (nSPS) is 13.8. The van der Waals surface area contributed by atoms with Crippen molar-refractivity contribution >= 4 is 94.5 Å². The predicted octanol–water partition coefficient (Wildman–Crippen LogP) is 12.1. The number of rotatable bonds is 2. The Hall–Kier alpha value is -6.16. The summed E-state index contributed by atoms with van der Waals surface area (Å²) in [5.74, 6) is 0. The summed E-state index contributed by atoms with van der Waals surface area (Å²) in [4.78, 5) is 0. The zero-order valence-electron chi connectivity index (χ0n) is 28.3. The van der Waals surface area contributed by atoms with E-state index in [0.717, 1.165) is 27.6 Å². The lowest BCUT2D eigenvalue weighted by Gasteiger charge is -2.19. The van der Waals surface area contributed by atoms with Gasteiger partial charge in [-0.05, 0) is 90.6 Å². The average molecular weight is 666 g/mol. The second kappa shape index (κ2) is 9.54. The van der Waals surface area contributed by atoms with Crippen molar-refractivity contribution in [2.24, 2.45) is 0 Å². The van der Waals surface area contributed by atoms with Gasteiger partial charge in [-0.2, -0.15) is 0 Å². The van der Waals surface area contributed by atoms with Crippen LogP contribution in [0.4, 0.5) is 0 Å². The number of hydrogen-bond acceptors (Lipinski definition) is 1. The van der Waals surface area contributed by atoms with E-state index in [2.05, 4.69) is 169 Å². The number of benzene rings is 9. The van der Waals surface area contributed by atoms with Gasteiger partial charge in [-0.15, -0.1) is 0 Å². The van der Waals surface area contributed by atoms with Gasteiger partial charge in [0.2, 0.25) is 0 Å². The lowest BCUT2D eigenvalue weighted by atomic mass is 9.91. The van der Waals surface area contributed by atoms with E-state index in [-0.39, 0.29) is 0 Å². The van der Waals surface area contributed by atoms with Crippen LogP contribution < -0.4 is 10.4 Å². The summed E-state index contributed by atoms with van der Waals surface area (Å²) in [6.07, 6.45) is 0. The SMILES string of the molecule is C[Si]1(C)c2ccccc2-c2ccc(-c3ccc4c(c3)c3ccccc3n4-c3cc4cccc5ccc6cc7c8ccccc8oc7c3c6c54)cc21. The highest BCUT2D eigenvalue weighted by atomic mass is 28.3. The summed E-state index contributed by atoms with van der Waals surface area (Å²) in [5, 5.41) is 15.4. The molecule has 1 aliphatic rings. The molecule has 3 heterocycles. The lowest BCUT2D eigenvalue weighted by molar-refractivity contribution is 0.672. The number of furan rings is 1. The molecule has 9 aromatic carbocycles. The zero-order chi connectivity index (χ0) is 33.6. The largest absolute Gasteiger partial charge is 0.455 e. The van der Waals surface area contributed by atoms with Crippen LogP contribution in [-0.4, -0.2) is 12.6 Å². The Bertz CT molecular complexity index is 3290. The molecule has 0 unspecified atom stereocenters. The molecule has 0 saturated carbocycles. The fraction of sp³-hybridized carbons (Fsp3) is 0.0417. The Morgan fingerprint density at radius 1 is 0.451 bits per heavy atom. The predicted molar refractivity (Wildman–Crippen MR) is 219 cm³/mol. The molecule has 2 aromatic heterocycles. The average Bonchev–Trinajstić information content (AvgIpc) is 3.78. The minimum atomic E-state index is -1.79. The van der Waals surface area contributed by atoms with E-state index in [4.69, 9.17) is 4.42 Å². The van der Waals surface area contributed by atoms with Crippen LogP contribution in [0, 0.1) is 0 Å². The maximum absolute atomic E-state index is 6.82. The van der Waals surface area contributed by atoms with Crippen molar-refractivity contribution in [1.29, 1.82) is 0 Å². The van der Waals surface area contributed by atoms with Gasteiger partial charge in [-0.3, -0.25) is 0 Å². The number of fused-ring (bicyclic) bond motifs is 10. The van der Waals surface area contributed by atoms with E-state index in [1.807, 2.05) is 0 Å². The van der Waals surface area contributed by atoms with Gasteiger partial charge in [0, 0.05) is 26.9 Å². The molecule has 0 amide bonds. The highest BCUT2D eigenvalue weighted by Gasteiger charge is 2.37. The van der Waals surface area contributed by atoms with Crippen LogP contribution >= 0.6 is 0 Å². The van der Waals surface area contributed by atoms with Gasteiger partial charge in [0.1, 0.15) is 19.2 Å². The zero-order valence-corrected chi connectivity index (χ0v) is 29.3. The maximum atomic E-state index is 6.82. The molecule has 12 rings (SSSR count). The molecule has 0 spiro atoms. The Morgan fingerprint density at radius 3 is 2.10 bits per heavy atom. The van der Waals surface area contributed by atoms with Crippen LogP contribution in [0.3, 0.4) is 0 Å². The van der Waals surface area contributed by atoms with Crippen molar-refractivity contribution in [3.8, 4) is 27.9 Å². The highest BCUT2D eigenvalue weighted by molar-refractivity contribution is 7.03. The molecular formula is C48H31NOSi. The number of nitrogens with zero attached hydrogens (tertiary/aromatic N) is 1. The summed E-state index contributed by atoms with van der Waals surface area (Å²) < 4.78 is 9.30. The first-order valence-electron chi connectivity index (χ1n) is 17.8. The van der Waals surface area contributed by atoms with Crippen LogP contribution in [0.15, 0.2) is 156 Å². The van der Waals surface area contributed by atoms with Crippen molar-refractivity contribution in [3.63, 3.8) is 0 Å². The summed E-state index contributed by atoms with van der Waals surface area (Å²) in [6, 6.07) is 56.6. The van der Waals surface area contributed by atoms with E-state index in [1.54, 1.807) is 5.19 Å². The minimum Gasteiger partial charge on any atom is -0.455 e. The molecular weight excluding hydrogens is 635 g/mol. The smallest absolute Gasteiger partial charge is 0.145 e. The van der Waals surface area contributed by atoms with E-state index >= 15 is 0 Å². The fourth-order valence-electron chi connectivity index (χ4n) is 9.53. The van der Waals surface area contributed by atoms with E-state index < -0.39 is 8.07 Å². The Labute approximate surface area is 295 Å². The Kier molecular flexibility index (Phi) is 5.17. The summed E-state index contributed by atoms with van der Waals surface area (Å²) in [7, 11) is -1.79. The molecule has 51 heavy (non-hydrogen) atoms. The van der Waals surface area contributed by atoms with Gasteiger partial charge in [0.15, 0.2) is 0 Å². The van der Waals surface area contributed by atoms with Crippen molar-refractivity contribution < 1.29 is 4.42 Å². The third kappa shape index (κ3) is 3.51. The van der Waals surface area contributed by atoms with E-state index in [9.17, 15) is 0 Å². The molecule has 0 fully saturated rings. The Morgan fingerprint density at radius 2 is 1.16 bits per heavy atom. The third-order valence-electron chi connectivity index (χ3n) is 11.9. The van der Waals surface area contributed by atoms with Gasteiger partial charge in [0.05, 0.1) is 22.1 Å². The number of aromatic nitrogens is 1. The van der Waals surface area contributed by atoms with Crippen LogP contribution in [-0.2, 0) is 0 Å². The number of hydrogen-bond donors (Lipinski definition) is 0. The Balaban J connectivity index is 1.16. The topological polar surface area (TPSA) is 18.1 Å². The molecule has 11 aromatic rings.